The lowest BCUT2D eigenvalue weighted by molar-refractivity contribution is -0.384. The quantitative estimate of drug-likeness (QED) is 0.683. The summed E-state index contributed by atoms with van der Waals surface area (Å²) in [6.07, 6.45) is 5.46. The third-order valence-corrected chi connectivity index (χ3v) is 3.86. The molecule has 0 atom stereocenters. The molecule has 0 heterocycles. The average molecular weight is 291 g/mol. The van der Waals surface area contributed by atoms with Crippen molar-refractivity contribution in [2.45, 2.75) is 38.1 Å². The van der Waals surface area contributed by atoms with Crippen LogP contribution in [0.15, 0.2) is 18.2 Å². The molecule has 0 spiro atoms. The largest absolute Gasteiger partial charge is 0.372 e. The Morgan fingerprint density at radius 1 is 1.29 bits per heavy atom. The monoisotopic (exact) mass is 291 g/mol. The van der Waals surface area contributed by atoms with Crippen LogP contribution in [-0.2, 0) is 0 Å². The highest BCUT2D eigenvalue weighted by Crippen LogP contribution is 2.28. The third-order valence-electron chi connectivity index (χ3n) is 3.86. The van der Waals surface area contributed by atoms with Crippen LogP contribution >= 0.6 is 0 Å². The topological polar surface area (TPSA) is 75.5 Å². The van der Waals surface area contributed by atoms with E-state index in [1.165, 1.54) is 12.5 Å². The molecular weight excluding hydrogens is 270 g/mol. The molecule has 1 N–H and O–H groups in total. The van der Waals surface area contributed by atoms with Gasteiger partial charge in [0.25, 0.3) is 11.6 Å². The molecule has 1 amide bonds. The molecule has 0 bridgehead atoms. The van der Waals surface area contributed by atoms with Crippen LogP contribution in [0.3, 0.4) is 0 Å². The number of hydrogen-bond acceptors (Lipinski definition) is 4. The van der Waals surface area contributed by atoms with Gasteiger partial charge in [-0.15, -0.1) is 0 Å². The van der Waals surface area contributed by atoms with Gasteiger partial charge >= 0.3 is 0 Å². The Bertz CT molecular complexity index is 537. The molecule has 1 fully saturated rings. The predicted molar refractivity (Wildman–Crippen MR) is 81.8 cm³/mol. The number of amides is 1. The zero-order valence-corrected chi connectivity index (χ0v) is 12.5. The van der Waals surface area contributed by atoms with E-state index in [4.69, 9.17) is 0 Å². The average Bonchev–Trinajstić information content (AvgIpc) is 2.47. The minimum atomic E-state index is -0.452. The van der Waals surface area contributed by atoms with Crippen LogP contribution in [0.2, 0.25) is 0 Å². The Morgan fingerprint density at radius 3 is 2.52 bits per heavy atom. The maximum Gasteiger partial charge on any atom is 0.293 e. The van der Waals surface area contributed by atoms with Gasteiger partial charge in [-0.3, -0.25) is 14.9 Å². The van der Waals surface area contributed by atoms with E-state index in [0.29, 0.717) is 11.3 Å². The number of carbonyl (C=O) groups excluding carboxylic acids is 1. The van der Waals surface area contributed by atoms with E-state index >= 15 is 0 Å². The van der Waals surface area contributed by atoms with Crippen LogP contribution in [-0.4, -0.2) is 31.0 Å². The lowest BCUT2D eigenvalue weighted by Crippen LogP contribution is -2.36. The third kappa shape index (κ3) is 3.71. The second-order valence-electron chi connectivity index (χ2n) is 5.66. The second kappa shape index (κ2) is 6.56. The number of benzene rings is 1. The maximum atomic E-state index is 12.2. The van der Waals surface area contributed by atoms with Crippen LogP contribution in [0.25, 0.3) is 0 Å². The van der Waals surface area contributed by atoms with E-state index in [-0.39, 0.29) is 17.6 Å². The fourth-order valence-corrected chi connectivity index (χ4v) is 2.70. The Hall–Kier alpha value is -2.11. The number of hydrogen-bond donors (Lipinski definition) is 1. The van der Waals surface area contributed by atoms with Crippen LogP contribution in [0.5, 0.6) is 0 Å². The number of carbonyl (C=O) groups is 1. The summed E-state index contributed by atoms with van der Waals surface area (Å²) in [4.78, 5) is 24.6. The highest BCUT2D eigenvalue weighted by molar-refractivity contribution is 5.96. The first-order chi connectivity index (χ1) is 9.99. The zero-order valence-electron chi connectivity index (χ0n) is 12.5. The lowest BCUT2D eigenvalue weighted by atomic mass is 9.95. The fraction of sp³-hybridized carbons (Fsp3) is 0.533. The zero-order chi connectivity index (χ0) is 15.4. The lowest BCUT2D eigenvalue weighted by Gasteiger charge is -2.22. The van der Waals surface area contributed by atoms with Crippen molar-refractivity contribution in [2.75, 3.05) is 19.0 Å². The molecule has 0 unspecified atom stereocenters. The smallest absolute Gasteiger partial charge is 0.293 e. The normalized spacial score (nSPS) is 15.5. The molecule has 1 saturated carbocycles. The second-order valence-corrected chi connectivity index (χ2v) is 5.66. The fourth-order valence-electron chi connectivity index (χ4n) is 2.70. The van der Waals surface area contributed by atoms with Gasteiger partial charge in [0.2, 0.25) is 0 Å². The van der Waals surface area contributed by atoms with Crippen molar-refractivity contribution in [1.29, 1.82) is 0 Å². The van der Waals surface area contributed by atoms with Gasteiger partial charge < -0.3 is 10.2 Å². The van der Waals surface area contributed by atoms with Gasteiger partial charge in [-0.05, 0) is 25.0 Å². The molecule has 1 aromatic rings. The Morgan fingerprint density at radius 2 is 1.95 bits per heavy atom. The van der Waals surface area contributed by atoms with Gasteiger partial charge in [0, 0.05) is 31.8 Å². The summed E-state index contributed by atoms with van der Waals surface area (Å²) in [5.74, 6) is -0.227. The van der Waals surface area contributed by atoms with Gasteiger partial charge in [-0.2, -0.15) is 0 Å². The Balaban J connectivity index is 2.17. The number of nitro benzene ring substituents is 1. The Kier molecular flexibility index (Phi) is 4.77. The van der Waals surface area contributed by atoms with Crippen molar-refractivity contribution in [2.24, 2.45) is 0 Å². The molecule has 1 aliphatic carbocycles. The molecular formula is C15H21N3O3. The number of nitrogens with one attached hydrogen (secondary N) is 1. The number of rotatable bonds is 4. The van der Waals surface area contributed by atoms with E-state index in [1.807, 2.05) is 0 Å². The van der Waals surface area contributed by atoms with Crippen molar-refractivity contribution in [3.63, 3.8) is 0 Å². The minimum Gasteiger partial charge on any atom is -0.372 e. The van der Waals surface area contributed by atoms with Gasteiger partial charge in [-0.25, -0.2) is 0 Å². The molecule has 21 heavy (non-hydrogen) atoms. The summed E-state index contributed by atoms with van der Waals surface area (Å²) < 4.78 is 0. The van der Waals surface area contributed by atoms with E-state index < -0.39 is 4.92 Å². The number of nitro groups is 1. The molecule has 6 nitrogen and oxygen atoms in total. The summed E-state index contributed by atoms with van der Waals surface area (Å²) in [6, 6.07) is 4.81. The summed E-state index contributed by atoms with van der Waals surface area (Å²) >= 11 is 0. The number of nitrogens with zero attached hydrogens (tertiary/aromatic N) is 2. The first kappa shape index (κ1) is 15.3. The van der Waals surface area contributed by atoms with Crippen LogP contribution in [0.4, 0.5) is 11.4 Å². The maximum absolute atomic E-state index is 12.2. The van der Waals surface area contributed by atoms with Crippen molar-refractivity contribution in [3.05, 3.63) is 33.9 Å². The summed E-state index contributed by atoms with van der Waals surface area (Å²) in [5.41, 5.74) is 0.795. The molecule has 0 saturated heterocycles. The summed E-state index contributed by atoms with van der Waals surface area (Å²) in [5, 5.41) is 14.1. The number of anilines is 1. The summed E-state index contributed by atoms with van der Waals surface area (Å²) in [6.45, 7) is 0. The minimum absolute atomic E-state index is 0.0451. The summed E-state index contributed by atoms with van der Waals surface area (Å²) in [7, 11) is 3.48. The van der Waals surface area contributed by atoms with Crippen LogP contribution in [0, 0.1) is 10.1 Å². The standard InChI is InChI=1S/C15H21N3O3/c1-17(2)13-9-8-11(10-14(13)18(20)21)15(19)16-12-6-4-3-5-7-12/h8-10,12H,3-7H2,1-2H3,(H,16,19). The van der Waals surface area contributed by atoms with Crippen molar-refractivity contribution in [1.82, 2.24) is 5.32 Å². The van der Waals surface area contributed by atoms with Crippen molar-refractivity contribution >= 4 is 17.3 Å². The van der Waals surface area contributed by atoms with Gasteiger partial charge in [-0.1, -0.05) is 19.3 Å². The SMILES string of the molecule is CN(C)c1ccc(C(=O)NC2CCCCC2)cc1[N+](=O)[O-]. The molecule has 1 aromatic carbocycles. The molecule has 0 aromatic heterocycles. The highest BCUT2D eigenvalue weighted by Gasteiger charge is 2.21. The van der Waals surface area contributed by atoms with Crippen molar-refractivity contribution in [3.8, 4) is 0 Å². The molecule has 0 radical (unpaired) electrons. The Labute approximate surface area is 124 Å². The first-order valence-electron chi connectivity index (χ1n) is 7.25. The predicted octanol–water partition coefficient (Wildman–Crippen LogP) is 2.72. The molecule has 0 aliphatic heterocycles. The van der Waals surface area contributed by atoms with Gasteiger partial charge in [0.05, 0.1) is 4.92 Å². The van der Waals surface area contributed by atoms with Crippen LogP contribution in [0.1, 0.15) is 42.5 Å². The van der Waals surface area contributed by atoms with E-state index in [0.717, 1.165) is 25.7 Å². The molecule has 6 heteroatoms. The van der Waals surface area contributed by atoms with E-state index in [2.05, 4.69) is 5.32 Å². The van der Waals surface area contributed by atoms with Gasteiger partial charge in [0.1, 0.15) is 5.69 Å². The van der Waals surface area contributed by atoms with E-state index in [9.17, 15) is 14.9 Å². The van der Waals surface area contributed by atoms with Crippen molar-refractivity contribution < 1.29 is 9.72 Å². The first-order valence-corrected chi connectivity index (χ1v) is 7.25. The molecule has 2 rings (SSSR count). The van der Waals surface area contributed by atoms with E-state index in [1.54, 1.807) is 31.1 Å². The molecule has 1 aliphatic rings. The van der Waals surface area contributed by atoms with Gasteiger partial charge in [0.15, 0.2) is 0 Å². The molecule has 114 valence electrons. The highest BCUT2D eigenvalue weighted by atomic mass is 16.6. The van der Waals surface area contributed by atoms with Crippen LogP contribution < -0.4 is 10.2 Å².